The normalized spacial score (nSPS) is 12.1. The fourth-order valence-electron chi connectivity index (χ4n) is 1.61. The van der Waals surface area contributed by atoms with Gasteiger partial charge in [-0.3, -0.25) is 0 Å². The third-order valence-electron chi connectivity index (χ3n) is 2.51. The average Bonchev–Trinajstić information content (AvgIpc) is 2.25. The first kappa shape index (κ1) is 14.0. The van der Waals surface area contributed by atoms with Gasteiger partial charge in [0.15, 0.2) is 0 Å². The molecule has 0 unspecified atom stereocenters. The van der Waals surface area contributed by atoms with E-state index in [1.165, 1.54) is 12.1 Å². The number of nitrogens with zero attached hydrogens (tertiary/aromatic N) is 1. The Kier molecular flexibility index (Phi) is 4.96. The summed E-state index contributed by atoms with van der Waals surface area (Å²) in [6, 6.07) is 5.70. The van der Waals surface area contributed by atoms with E-state index in [1.807, 2.05) is 19.0 Å². The molecule has 0 bridgehead atoms. The molecule has 0 radical (unpaired) electrons. The Morgan fingerprint density at radius 1 is 1.24 bits per heavy atom. The molecule has 0 saturated carbocycles. The van der Waals surface area contributed by atoms with Crippen LogP contribution in [0.4, 0.5) is 13.2 Å². The summed E-state index contributed by atoms with van der Waals surface area (Å²) < 4.78 is 38.2. The van der Waals surface area contributed by atoms with E-state index < -0.39 is 11.7 Å². The molecule has 0 aliphatic carbocycles. The maximum Gasteiger partial charge on any atom is 0.416 e. The first-order valence-electron chi connectivity index (χ1n) is 5.43. The molecule has 1 aromatic carbocycles. The molecule has 96 valence electrons. The van der Waals surface area contributed by atoms with Crippen molar-refractivity contribution in [1.29, 1.82) is 0 Å². The van der Waals surface area contributed by atoms with E-state index in [0.717, 1.165) is 12.6 Å². The molecule has 0 amide bonds. The summed E-state index contributed by atoms with van der Waals surface area (Å²) in [5.41, 5.74) is -0.227. The standard InChI is InChI=1S/C12H17F3N2/c1-16-7-8-17(2)9-10-5-3-4-6-11(10)12(13,14)15/h3-6,16H,7-9H2,1-2H3. The number of hydrogen-bond donors (Lipinski definition) is 1. The Balaban J connectivity index is 2.77. The number of rotatable bonds is 5. The van der Waals surface area contributed by atoms with E-state index in [1.54, 1.807) is 6.07 Å². The zero-order valence-electron chi connectivity index (χ0n) is 10.0. The van der Waals surface area contributed by atoms with Crippen molar-refractivity contribution in [3.8, 4) is 0 Å². The molecular formula is C12H17F3N2. The Morgan fingerprint density at radius 2 is 1.88 bits per heavy atom. The smallest absolute Gasteiger partial charge is 0.318 e. The number of alkyl halides is 3. The van der Waals surface area contributed by atoms with Gasteiger partial charge >= 0.3 is 6.18 Å². The maximum absolute atomic E-state index is 12.7. The summed E-state index contributed by atoms with van der Waals surface area (Å²) in [4.78, 5) is 1.86. The number of benzene rings is 1. The maximum atomic E-state index is 12.7. The Bertz CT molecular complexity index is 350. The lowest BCUT2D eigenvalue weighted by atomic mass is 10.1. The zero-order valence-corrected chi connectivity index (χ0v) is 10.0. The molecular weight excluding hydrogens is 229 g/mol. The second-order valence-corrected chi connectivity index (χ2v) is 4.00. The van der Waals surface area contributed by atoms with Crippen molar-refractivity contribution >= 4 is 0 Å². The molecule has 1 aromatic rings. The van der Waals surface area contributed by atoms with E-state index in [2.05, 4.69) is 5.32 Å². The highest BCUT2D eigenvalue weighted by Crippen LogP contribution is 2.32. The number of halogens is 3. The summed E-state index contributed by atoms with van der Waals surface area (Å²) in [7, 11) is 3.63. The van der Waals surface area contributed by atoms with Crippen LogP contribution >= 0.6 is 0 Å². The number of hydrogen-bond acceptors (Lipinski definition) is 2. The van der Waals surface area contributed by atoms with Crippen molar-refractivity contribution in [1.82, 2.24) is 10.2 Å². The summed E-state index contributed by atoms with van der Waals surface area (Å²) in [5.74, 6) is 0. The van der Waals surface area contributed by atoms with E-state index in [-0.39, 0.29) is 0 Å². The molecule has 5 heteroatoms. The lowest BCUT2D eigenvalue weighted by Gasteiger charge is -2.19. The Hall–Kier alpha value is -1.07. The van der Waals surface area contributed by atoms with Crippen molar-refractivity contribution in [2.75, 3.05) is 27.2 Å². The quantitative estimate of drug-likeness (QED) is 0.858. The molecule has 0 aliphatic rings. The molecule has 0 aliphatic heterocycles. The lowest BCUT2D eigenvalue weighted by Crippen LogP contribution is -2.27. The van der Waals surface area contributed by atoms with Crippen LogP contribution in [0.25, 0.3) is 0 Å². The predicted molar refractivity (Wildman–Crippen MR) is 61.7 cm³/mol. The summed E-state index contributed by atoms with van der Waals surface area (Å²) >= 11 is 0. The van der Waals surface area contributed by atoms with Gasteiger partial charge in [-0.05, 0) is 25.7 Å². The molecule has 2 nitrogen and oxygen atoms in total. The fourth-order valence-corrected chi connectivity index (χ4v) is 1.61. The molecule has 0 heterocycles. The van der Waals surface area contributed by atoms with Gasteiger partial charge in [-0.25, -0.2) is 0 Å². The lowest BCUT2D eigenvalue weighted by molar-refractivity contribution is -0.138. The van der Waals surface area contributed by atoms with Crippen LogP contribution in [-0.2, 0) is 12.7 Å². The van der Waals surface area contributed by atoms with Gasteiger partial charge < -0.3 is 10.2 Å². The number of nitrogens with one attached hydrogen (secondary N) is 1. The summed E-state index contributed by atoms with van der Waals surface area (Å²) in [6.45, 7) is 1.77. The Labute approximate surface area is 99.4 Å². The molecule has 1 N–H and O–H groups in total. The third kappa shape index (κ3) is 4.36. The van der Waals surface area contributed by atoms with E-state index in [9.17, 15) is 13.2 Å². The van der Waals surface area contributed by atoms with Gasteiger partial charge in [0, 0.05) is 19.6 Å². The summed E-state index contributed by atoms with van der Waals surface area (Å²) in [6.07, 6.45) is -4.28. The molecule has 1 rings (SSSR count). The van der Waals surface area contributed by atoms with E-state index >= 15 is 0 Å². The largest absolute Gasteiger partial charge is 0.416 e. The molecule has 0 atom stereocenters. The van der Waals surface area contributed by atoms with Gasteiger partial charge in [0.2, 0.25) is 0 Å². The first-order chi connectivity index (χ1) is 7.95. The van der Waals surface area contributed by atoms with Gasteiger partial charge in [0.1, 0.15) is 0 Å². The minimum atomic E-state index is -4.28. The molecule has 0 aromatic heterocycles. The predicted octanol–water partition coefficient (Wildman–Crippen LogP) is 2.36. The topological polar surface area (TPSA) is 15.3 Å². The van der Waals surface area contributed by atoms with Gasteiger partial charge in [-0.2, -0.15) is 13.2 Å². The summed E-state index contributed by atoms with van der Waals surface area (Å²) in [5, 5.41) is 2.97. The highest BCUT2D eigenvalue weighted by molar-refractivity contribution is 5.29. The first-order valence-corrected chi connectivity index (χ1v) is 5.43. The van der Waals surface area contributed by atoms with Crippen molar-refractivity contribution in [3.63, 3.8) is 0 Å². The fraction of sp³-hybridized carbons (Fsp3) is 0.500. The van der Waals surface area contributed by atoms with Crippen LogP contribution in [0.15, 0.2) is 24.3 Å². The average molecular weight is 246 g/mol. The van der Waals surface area contributed by atoms with Gasteiger partial charge in [0.25, 0.3) is 0 Å². The highest BCUT2D eigenvalue weighted by Gasteiger charge is 2.32. The molecule has 0 spiro atoms. The number of likely N-dealkylation sites (N-methyl/N-ethyl adjacent to an activating group) is 2. The minimum absolute atomic E-state index is 0.303. The molecule has 17 heavy (non-hydrogen) atoms. The van der Waals surface area contributed by atoms with Crippen molar-refractivity contribution in [2.24, 2.45) is 0 Å². The second-order valence-electron chi connectivity index (χ2n) is 4.00. The van der Waals surface area contributed by atoms with Crippen LogP contribution in [0.1, 0.15) is 11.1 Å². The monoisotopic (exact) mass is 246 g/mol. The minimum Gasteiger partial charge on any atom is -0.318 e. The Morgan fingerprint density at radius 3 is 2.47 bits per heavy atom. The SMILES string of the molecule is CNCCN(C)Cc1ccccc1C(F)(F)F. The zero-order chi connectivity index (χ0) is 12.9. The van der Waals surface area contributed by atoms with Crippen LogP contribution in [0.3, 0.4) is 0 Å². The van der Waals surface area contributed by atoms with Crippen LogP contribution in [0.2, 0.25) is 0 Å². The van der Waals surface area contributed by atoms with Crippen molar-refractivity contribution in [2.45, 2.75) is 12.7 Å². The van der Waals surface area contributed by atoms with E-state index in [0.29, 0.717) is 18.7 Å². The van der Waals surface area contributed by atoms with Gasteiger partial charge in [-0.15, -0.1) is 0 Å². The third-order valence-corrected chi connectivity index (χ3v) is 2.51. The second kappa shape index (κ2) is 6.02. The van der Waals surface area contributed by atoms with Gasteiger partial charge in [-0.1, -0.05) is 18.2 Å². The van der Waals surface area contributed by atoms with Crippen LogP contribution in [-0.4, -0.2) is 32.1 Å². The highest BCUT2D eigenvalue weighted by atomic mass is 19.4. The van der Waals surface area contributed by atoms with Gasteiger partial charge in [0.05, 0.1) is 5.56 Å². The van der Waals surface area contributed by atoms with Crippen LogP contribution < -0.4 is 5.32 Å². The van der Waals surface area contributed by atoms with Crippen LogP contribution in [0.5, 0.6) is 0 Å². The van der Waals surface area contributed by atoms with E-state index in [4.69, 9.17) is 0 Å². The van der Waals surface area contributed by atoms with Crippen LogP contribution in [0, 0.1) is 0 Å². The van der Waals surface area contributed by atoms with Crippen molar-refractivity contribution in [3.05, 3.63) is 35.4 Å². The molecule has 0 fully saturated rings. The van der Waals surface area contributed by atoms with Crippen molar-refractivity contribution < 1.29 is 13.2 Å². The molecule has 0 saturated heterocycles.